The van der Waals surface area contributed by atoms with Crippen LogP contribution in [0.5, 0.6) is 0 Å². The maximum Gasteiger partial charge on any atom is 0.128 e. The fourth-order valence-electron chi connectivity index (χ4n) is 1.70. The Labute approximate surface area is 89.5 Å². The Morgan fingerprint density at radius 1 is 1.47 bits per heavy atom. The lowest BCUT2D eigenvalue weighted by Crippen LogP contribution is -2.36. The van der Waals surface area contributed by atoms with Gasteiger partial charge in [-0.25, -0.2) is 4.98 Å². The second-order valence-electron chi connectivity index (χ2n) is 3.73. The second-order valence-corrected chi connectivity index (χ2v) is 3.73. The van der Waals surface area contributed by atoms with Gasteiger partial charge in [-0.1, -0.05) is 0 Å². The lowest BCUT2D eigenvalue weighted by Gasteiger charge is -2.28. The highest BCUT2D eigenvalue weighted by Gasteiger charge is 2.12. The Morgan fingerprint density at radius 3 is 2.80 bits per heavy atom. The van der Waals surface area contributed by atoms with Gasteiger partial charge in [-0.3, -0.25) is 0 Å². The standard InChI is InChI=1S/C11H16N2O2/c1-9-6-11(12-7-10(9)8-14)13-2-4-15-5-3-13/h6-7,14H,2-5,8H2,1H3. The highest BCUT2D eigenvalue weighted by atomic mass is 16.5. The van der Waals surface area contributed by atoms with Crippen LogP contribution in [0.2, 0.25) is 0 Å². The third kappa shape index (κ3) is 2.27. The molecule has 1 saturated heterocycles. The zero-order valence-corrected chi connectivity index (χ0v) is 8.94. The van der Waals surface area contributed by atoms with E-state index in [-0.39, 0.29) is 6.61 Å². The average Bonchev–Trinajstić information content (AvgIpc) is 2.30. The van der Waals surface area contributed by atoms with Crippen molar-refractivity contribution in [3.05, 3.63) is 23.4 Å². The van der Waals surface area contributed by atoms with Gasteiger partial charge in [-0.2, -0.15) is 0 Å². The fraction of sp³-hybridized carbons (Fsp3) is 0.545. The molecule has 0 saturated carbocycles. The first-order valence-electron chi connectivity index (χ1n) is 5.20. The molecular formula is C11H16N2O2. The molecule has 2 rings (SSSR count). The quantitative estimate of drug-likeness (QED) is 0.778. The van der Waals surface area contributed by atoms with Gasteiger partial charge < -0.3 is 14.7 Å². The van der Waals surface area contributed by atoms with Crippen LogP contribution in [-0.2, 0) is 11.3 Å². The summed E-state index contributed by atoms with van der Waals surface area (Å²) in [6.07, 6.45) is 1.75. The van der Waals surface area contributed by atoms with Crippen LogP contribution in [0.15, 0.2) is 12.3 Å². The van der Waals surface area contributed by atoms with Crippen molar-refractivity contribution in [1.29, 1.82) is 0 Å². The summed E-state index contributed by atoms with van der Waals surface area (Å²) in [5, 5.41) is 9.05. The number of hydrogen-bond acceptors (Lipinski definition) is 4. The van der Waals surface area contributed by atoms with Gasteiger partial charge in [0.15, 0.2) is 0 Å². The molecule has 0 atom stereocenters. The van der Waals surface area contributed by atoms with Crippen molar-refractivity contribution in [2.24, 2.45) is 0 Å². The van der Waals surface area contributed by atoms with E-state index in [0.717, 1.165) is 43.2 Å². The lowest BCUT2D eigenvalue weighted by molar-refractivity contribution is 0.122. The number of aryl methyl sites for hydroxylation is 1. The van der Waals surface area contributed by atoms with Crippen molar-refractivity contribution in [3.8, 4) is 0 Å². The number of morpholine rings is 1. The molecule has 1 fully saturated rings. The summed E-state index contributed by atoms with van der Waals surface area (Å²) < 4.78 is 5.29. The molecule has 0 radical (unpaired) electrons. The van der Waals surface area contributed by atoms with E-state index in [4.69, 9.17) is 9.84 Å². The third-order valence-corrected chi connectivity index (χ3v) is 2.71. The van der Waals surface area contributed by atoms with Gasteiger partial charge in [0.25, 0.3) is 0 Å². The molecule has 0 bridgehead atoms. The number of aliphatic hydroxyl groups is 1. The Hall–Kier alpha value is -1.13. The molecule has 0 unspecified atom stereocenters. The van der Waals surface area contributed by atoms with Crippen LogP contribution in [0.3, 0.4) is 0 Å². The van der Waals surface area contributed by atoms with Crippen LogP contribution in [-0.4, -0.2) is 36.4 Å². The molecule has 0 spiro atoms. The summed E-state index contributed by atoms with van der Waals surface area (Å²) >= 11 is 0. The van der Waals surface area contributed by atoms with E-state index in [1.54, 1.807) is 6.20 Å². The van der Waals surface area contributed by atoms with Gasteiger partial charge >= 0.3 is 0 Å². The van der Waals surface area contributed by atoms with E-state index in [2.05, 4.69) is 9.88 Å². The molecule has 1 aromatic heterocycles. The predicted molar refractivity (Wildman–Crippen MR) is 57.9 cm³/mol. The van der Waals surface area contributed by atoms with Crippen molar-refractivity contribution < 1.29 is 9.84 Å². The molecule has 1 N–H and O–H groups in total. The Balaban J connectivity index is 2.17. The van der Waals surface area contributed by atoms with E-state index in [1.165, 1.54) is 0 Å². The summed E-state index contributed by atoms with van der Waals surface area (Å²) in [5.41, 5.74) is 1.99. The summed E-state index contributed by atoms with van der Waals surface area (Å²) in [6.45, 7) is 5.38. The molecule has 2 heterocycles. The molecule has 1 aliphatic rings. The van der Waals surface area contributed by atoms with Gasteiger partial charge in [-0.15, -0.1) is 0 Å². The zero-order chi connectivity index (χ0) is 10.7. The number of pyridine rings is 1. The minimum Gasteiger partial charge on any atom is -0.392 e. The molecule has 4 nitrogen and oxygen atoms in total. The summed E-state index contributed by atoms with van der Waals surface area (Å²) in [6, 6.07) is 2.02. The molecule has 0 amide bonds. The topological polar surface area (TPSA) is 45.6 Å². The predicted octanol–water partition coefficient (Wildman–Crippen LogP) is 0.719. The van der Waals surface area contributed by atoms with Crippen LogP contribution in [0.25, 0.3) is 0 Å². The van der Waals surface area contributed by atoms with Gasteiger partial charge in [0.05, 0.1) is 19.8 Å². The van der Waals surface area contributed by atoms with Crippen LogP contribution < -0.4 is 4.90 Å². The van der Waals surface area contributed by atoms with Crippen molar-refractivity contribution in [1.82, 2.24) is 4.98 Å². The van der Waals surface area contributed by atoms with Crippen LogP contribution in [0.1, 0.15) is 11.1 Å². The number of rotatable bonds is 2. The van der Waals surface area contributed by atoms with E-state index >= 15 is 0 Å². The van der Waals surface area contributed by atoms with Gasteiger partial charge in [0.1, 0.15) is 5.82 Å². The number of hydrogen-bond donors (Lipinski definition) is 1. The number of nitrogens with zero attached hydrogens (tertiary/aromatic N) is 2. The molecule has 82 valence electrons. The summed E-state index contributed by atoms with van der Waals surface area (Å²) in [5.74, 6) is 0.980. The maximum absolute atomic E-state index is 9.05. The first kappa shape index (κ1) is 10.4. The first-order valence-corrected chi connectivity index (χ1v) is 5.20. The lowest BCUT2D eigenvalue weighted by atomic mass is 10.1. The number of aliphatic hydroxyl groups excluding tert-OH is 1. The molecule has 0 aliphatic carbocycles. The van der Waals surface area contributed by atoms with Gasteiger partial charge in [-0.05, 0) is 24.1 Å². The maximum atomic E-state index is 9.05. The smallest absolute Gasteiger partial charge is 0.128 e. The fourth-order valence-corrected chi connectivity index (χ4v) is 1.70. The highest BCUT2D eigenvalue weighted by molar-refractivity contribution is 5.43. The SMILES string of the molecule is Cc1cc(N2CCOCC2)ncc1CO. The summed E-state index contributed by atoms with van der Waals surface area (Å²) in [4.78, 5) is 6.55. The van der Waals surface area contributed by atoms with E-state index in [9.17, 15) is 0 Å². The average molecular weight is 208 g/mol. The number of aromatic nitrogens is 1. The summed E-state index contributed by atoms with van der Waals surface area (Å²) in [7, 11) is 0. The highest BCUT2D eigenvalue weighted by Crippen LogP contribution is 2.16. The zero-order valence-electron chi connectivity index (χ0n) is 8.94. The van der Waals surface area contributed by atoms with E-state index in [1.807, 2.05) is 13.0 Å². The minimum atomic E-state index is 0.0578. The van der Waals surface area contributed by atoms with Crippen molar-refractivity contribution in [2.75, 3.05) is 31.2 Å². The first-order chi connectivity index (χ1) is 7.31. The molecule has 0 aromatic carbocycles. The number of anilines is 1. The van der Waals surface area contributed by atoms with E-state index < -0.39 is 0 Å². The van der Waals surface area contributed by atoms with Crippen molar-refractivity contribution in [3.63, 3.8) is 0 Å². The van der Waals surface area contributed by atoms with E-state index in [0.29, 0.717) is 0 Å². The molecular weight excluding hydrogens is 192 g/mol. The normalized spacial score (nSPS) is 16.8. The van der Waals surface area contributed by atoms with Crippen molar-refractivity contribution in [2.45, 2.75) is 13.5 Å². The van der Waals surface area contributed by atoms with Gasteiger partial charge in [0.2, 0.25) is 0 Å². The Bertz CT molecular complexity index is 335. The monoisotopic (exact) mass is 208 g/mol. The van der Waals surface area contributed by atoms with Gasteiger partial charge in [0, 0.05) is 19.3 Å². The van der Waals surface area contributed by atoms with Crippen LogP contribution in [0, 0.1) is 6.92 Å². The van der Waals surface area contributed by atoms with Crippen LogP contribution in [0.4, 0.5) is 5.82 Å². The second kappa shape index (κ2) is 4.59. The Morgan fingerprint density at radius 2 is 2.20 bits per heavy atom. The van der Waals surface area contributed by atoms with Crippen LogP contribution >= 0.6 is 0 Å². The molecule has 1 aliphatic heterocycles. The molecule has 4 heteroatoms. The third-order valence-electron chi connectivity index (χ3n) is 2.71. The molecule has 1 aromatic rings. The number of ether oxygens (including phenoxy) is 1. The van der Waals surface area contributed by atoms with Crippen molar-refractivity contribution >= 4 is 5.82 Å². The largest absolute Gasteiger partial charge is 0.392 e. The minimum absolute atomic E-state index is 0.0578. The molecule has 15 heavy (non-hydrogen) atoms. The Kier molecular flexibility index (Phi) is 3.18.